The second-order valence-corrected chi connectivity index (χ2v) is 6.12. The Bertz CT molecular complexity index is 635. The third kappa shape index (κ3) is 2.58. The smallest absolute Gasteiger partial charge is 0.269 e. The molecule has 22 heavy (non-hydrogen) atoms. The summed E-state index contributed by atoms with van der Waals surface area (Å²) in [6, 6.07) is 6.45. The molecule has 0 bridgehead atoms. The summed E-state index contributed by atoms with van der Waals surface area (Å²) in [5.74, 6) is 0.479. The van der Waals surface area contributed by atoms with Crippen molar-refractivity contribution in [3.63, 3.8) is 0 Å². The molecule has 0 heterocycles. The molecule has 2 aliphatic rings. The van der Waals surface area contributed by atoms with Crippen LogP contribution in [0.2, 0.25) is 0 Å². The van der Waals surface area contributed by atoms with Crippen molar-refractivity contribution in [3.8, 4) is 0 Å². The predicted octanol–water partition coefficient (Wildman–Crippen LogP) is 3.05. The number of hydrogen-bond donors (Lipinski definition) is 0. The van der Waals surface area contributed by atoms with E-state index in [0.29, 0.717) is 6.42 Å². The minimum Gasteiger partial charge on any atom is -0.303 e. The summed E-state index contributed by atoms with van der Waals surface area (Å²) in [5.41, 5.74) is 0.990. The standard InChI is InChI=1S/C17H17NO4/c19-10-13-2-1-12-9-15(20)7-8-16(12)17(13)11-3-5-14(6-4-11)18(21)22/h3-8,10,12-13,16-17H,1-2,9H2/t12-,13-,16-,17-/m0/s1. The van der Waals surface area contributed by atoms with Gasteiger partial charge in [0.1, 0.15) is 6.29 Å². The van der Waals surface area contributed by atoms with E-state index in [1.165, 1.54) is 12.1 Å². The average molecular weight is 299 g/mol. The third-order valence-electron chi connectivity index (χ3n) is 4.92. The monoisotopic (exact) mass is 299 g/mol. The van der Waals surface area contributed by atoms with Crippen LogP contribution < -0.4 is 0 Å². The van der Waals surface area contributed by atoms with Gasteiger partial charge in [0, 0.05) is 24.5 Å². The highest BCUT2D eigenvalue weighted by molar-refractivity contribution is 5.90. The number of hydrogen-bond acceptors (Lipinski definition) is 4. The molecule has 0 saturated heterocycles. The van der Waals surface area contributed by atoms with E-state index in [2.05, 4.69) is 0 Å². The molecule has 4 atom stereocenters. The first kappa shape index (κ1) is 14.6. The van der Waals surface area contributed by atoms with Crippen molar-refractivity contribution in [3.05, 3.63) is 52.1 Å². The first-order valence-electron chi connectivity index (χ1n) is 7.51. The van der Waals surface area contributed by atoms with Crippen molar-refractivity contribution >= 4 is 17.8 Å². The van der Waals surface area contributed by atoms with Crippen molar-refractivity contribution in [2.45, 2.75) is 25.2 Å². The van der Waals surface area contributed by atoms with Gasteiger partial charge in [-0.05, 0) is 42.2 Å². The van der Waals surface area contributed by atoms with Crippen molar-refractivity contribution in [2.24, 2.45) is 17.8 Å². The van der Waals surface area contributed by atoms with Gasteiger partial charge in [-0.25, -0.2) is 0 Å². The van der Waals surface area contributed by atoms with E-state index in [9.17, 15) is 19.7 Å². The number of rotatable bonds is 3. The molecule has 0 aliphatic heterocycles. The Labute approximate surface area is 128 Å². The largest absolute Gasteiger partial charge is 0.303 e. The predicted molar refractivity (Wildman–Crippen MR) is 80.4 cm³/mol. The molecule has 1 saturated carbocycles. The number of nitro benzene ring substituents is 1. The SMILES string of the molecule is O=C[C@@H]1CC[C@H]2CC(=O)C=C[C@@H]2[C@H]1c1ccc([N+](=O)[O-])cc1. The fraction of sp³-hybridized carbons (Fsp3) is 0.412. The fourth-order valence-corrected chi connectivity index (χ4v) is 3.86. The number of non-ortho nitro benzene ring substituents is 1. The topological polar surface area (TPSA) is 77.3 Å². The molecule has 5 heteroatoms. The van der Waals surface area contributed by atoms with Gasteiger partial charge in [0.15, 0.2) is 5.78 Å². The van der Waals surface area contributed by atoms with Crippen molar-refractivity contribution in [2.75, 3.05) is 0 Å². The van der Waals surface area contributed by atoms with Crippen LogP contribution in [0.5, 0.6) is 0 Å². The van der Waals surface area contributed by atoms with E-state index in [0.717, 1.165) is 24.7 Å². The Morgan fingerprint density at radius 2 is 1.91 bits per heavy atom. The number of benzene rings is 1. The van der Waals surface area contributed by atoms with Crippen molar-refractivity contribution in [1.82, 2.24) is 0 Å². The number of aldehydes is 1. The van der Waals surface area contributed by atoms with Crippen LogP contribution in [-0.4, -0.2) is 17.0 Å². The zero-order valence-corrected chi connectivity index (χ0v) is 12.1. The van der Waals surface area contributed by atoms with Crippen LogP contribution in [0.4, 0.5) is 5.69 Å². The van der Waals surface area contributed by atoms with Crippen LogP contribution in [0.1, 0.15) is 30.7 Å². The van der Waals surface area contributed by atoms with Crippen LogP contribution in [0.15, 0.2) is 36.4 Å². The minimum atomic E-state index is -0.427. The zero-order valence-electron chi connectivity index (χ0n) is 12.1. The maximum absolute atomic E-state index is 11.6. The van der Waals surface area contributed by atoms with E-state index in [1.54, 1.807) is 18.2 Å². The fourth-order valence-electron chi connectivity index (χ4n) is 3.86. The number of ketones is 1. The van der Waals surface area contributed by atoms with Crippen LogP contribution in [0.25, 0.3) is 0 Å². The Morgan fingerprint density at radius 1 is 1.18 bits per heavy atom. The molecular weight excluding hydrogens is 282 g/mol. The maximum atomic E-state index is 11.6. The van der Waals surface area contributed by atoms with Gasteiger partial charge in [-0.1, -0.05) is 18.2 Å². The van der Waals surface area contributed by atoms with Crippen LogP contribution >= 0.6 is 0 Å². The van der Waals surface area contributed by atoms with Crippen molar-refractivity contribution in [1.29, 1.82) is 0 Å². The molecule has 1 aromatic carbocycles. The summed E-state index contributed by atoms with van der Waals surface area (Å²) >= 11 is 0. The number of nitro groups is 1. The highest BCUT2D eigenvalue weighted by Crippen LogP contribution is 2.47. The Balaban J connectivity index is 1.96. The lowest BCUT2D eigenvalue weighted by Gasteiger charge is -2.41. The first-order chi connectivity index (χ1) is 10.6. The molecular formula is C17H17NO4. The summed E-state index contributed by atoms with van der Waals surface area (Å²) in [4.78, 5) is 33.4. The zero-order chi connectivity index (χ0) is 15.7. The van der Waals surface area contributed by atoms with Gasteiger partial charge in [-0.15, -0.1) is 0 Å². The average Bonchev–Trinajstić information content (AvgIpc) is 2.53. The Morgan fingerprint density at radius 3 is 2.55 bits per heavy atom. The van der Waals surface area contributed by atoms with E-state index in [4.69, 9.17) is 0 Å². The summed E-state index contributed by atoms with van der Waals surface area (Å²) in [7, 11) is 0. The van der Waals surface area contributed by atoms with Crippen LogP contribution in [0, 0.1) is 27.9 Å². The van der Waals surface area contributed by atoms with E-state index in [-0.39, 0.29) is 35.1 Å². The summed E-state index contributed by atoms with van der Waals surface area (Å²) < 4.78 is 0. The lowest BCUT2D eigenvalue weighted by Crippen LogP contribution is -2.35. The molecule has 0 unspecified atom stereocenters. The van der Waals surface area contributed by atoms with Gasteiger partial charge in [0.2, 0.25) is 0 Å². The molecule has 0 spiro atoms. The molecule has 3 rings (SSSR count). The van der Waals surface area contributed by atoms with E-state index >= 15 is 0 Å². The van der Waals surface area contributed by atoms with Crippen LogP contribution in [-0.2, 0) is 9.59 Å². The molecule has 0 amide bonds. The normalized spacial score (nSPS) is 30.6. The minimum absolute atomic E-state index is 0.00130. The van der Waals surface area contributed by atoms with Gasteiger partial charge in [-0.2, -0.15) is 0 Å². The quantitative estimate of drug-likeness (QED) is 0.488. The number of fused-ring (bicyclic) bond motifs is 1. The number of carbonyl (C=O) groups is 2. The second kappa shape index (κ2) is 5.83. The van der Waals surface area contributed by atoms with Crippen molar-refractivity contribution < 1.29 is 14.5 Å². The molecule has 1 fully saturated rings. The molecule has 1 aromatic rings. The third-order valence-corrected chi connectivity index (χ3v) is 4.92. The van der Waals surface area contributed by atoms with Crippen LogP contribution in [0.3, 0.4) is 0 Å². The van der Waals surface area contributed by atoms with Gasteiger partial charge in [0.25, 0.3) is 5.69 Å². The van der Waals surface area contributed by atoms with Gasteiger partial charge < -0.3 is 4.79 Å². The Hall–Kier alpha value is -2.30. The molecule has 0 aromatic heterocycles. The Kier molecular flexibility index (Phi) is 3.88. The molecule has 0 radical (unpaired) electrons. The molecule has 5 nitrogen and oxygen atoms in total. The first-order valence-corrected chi connectivity index (χ1v) is 7.51. The lowest BCUT2D eigenvalue weighted by atomic mass is 9.62. The number of allylic oxidation sites excluding steroid dienone is 2. The molecule has 2 aliphatic carbocycles. The summed E-state index contributed by atoms with van der Waals surface area (Å²) in [6.07, 6.45) is 6.73. The second-order valence-electron chi connectivity index (χ2n) is 6.12. The maximum Gasteiger partial charge on any atom is 0.269 e. The highest BCUT2D eigenvalue weighted by Gasteiger charge is 2.40. The van der Waals surface area contributed by atoms with E-state index < -0.39 is 4.92 Å². The van der Waals surface area contributed by atoms with Gasteiger partial charge >= 0.3 is 0 Å². The van der Waals surface area contributed by atoms with E-state index in [1.807, 2.05) is 6.08 Å². The summed E-state index contributed by atoms with van der Waals surface area (Å²) in [5, 5.41) is 10.8. The lowest BCUT2D eigenvalue weighted by molar-refractivity contribution is -0.384. The number of nitrogens with zero attached hydrogens (tertiary/aromatic N) is 1. The molecule has 0 N–H and O–H groups in total. The summed E-state index contributed by atoms with van der Waals surface area (Å²) in [6.45, 7) is 0. The number of carbonyl (C=O) groups excluding carboxylic acids is 2. The highest BCUT2D eigenvalue weighted by atomic mass is 16.6. The van der Waals surface area contributed by atoms with Gasteiger partial charge in [0.05, 0.1) is 4.92 Å². The molecule has 114 valence electrons. The van der Waals surface area contributed by atoms with Gasteiger partial charge in [-0.3, -0.25) is 14.9 Å².